The van der Waals surface area contributed by atoms with E-state index >= 15 is 0 Å². The fourth-order valence-electron chi connectivity index (χ4n) is 1.47. The number of rotatable bonds is 5. The third-order valence-corrected chi connectivity index (χ3v) is 2.54. The molecule has 0 radical (unpaired) electrons. The standard InChI is InChI=1S/C11H19N3/c1-9(10(13)5-4-7-12)11-6-2-3-8-14-11/h2-3,6,8-10H,4-5,7,12-13H2,1H3. The van der Waals surface area contributed by atoms with Gasteiger partial charge in [0.15, 0.2) is 0 Å². The maximum Gasteiger partial charge on any atom is 0.0447 e. The number of aromatic nitrogens is 1. The molecule has 0 aliphatic carbocycles. The zero-order chi connectivity index (χ0) is 10.4. The molecular formula is C11H19N3. The molecule has 2 unspecified atom stereocenters. The van der Waals surface area contributed by atoms with Crippen molar-refractivity contribution in [2.45, 2.75) is 31.7 Å². The van der Waals surface area contributed by atoms with Gasteiger partial charge in [0.2, 0.25) is 0 Å². The highest BCUT2D eigenvalue weighted by Crippen LogP contribution is 2.17. The predicted molar refractivity (Wildman–Crippen MR) is 58.9 cm³/mol. The van der Waals surface area contributed by atoms with Gasteiger partial charge in [0.25, 0.3) is 0 Å². The Kier molecular flexibility index (Phi) is 4.56. The third kappa shape index (κ3) is 3.09. The van der Waals surface area contributed by atoms with Gasteiger partial charge in [-0.25, -0.2) is 0 Å². The minimum Gasteiger partial charge on any atom is -0.330 e. The molecule has 14 heavy (non-hydrogen) atoms. The van der Waals surface area contributed by atoms with E-state index in [0.717, 1.165) is 18.5 Å². The van der Waals surface area contributed by atoms with Crippen LogP contribution in [-0.2, 0) is 0 Å². The van der Waals surface area contributed by atoms with Crippen molar-refractivity contribution < 1.29 is 0 Å². The molecule has 0 aromatic carbocycles. The number of hydrogen-bond donors (Lipinski definition) is 2. The fraction of sp³-hybridized carbons (Fsp3) is 0.545. The summed E-state index contributed by atoms with van der Waals surface area (Å²) in [6, 6.07) is 6.09. The van der Waals surface area contributed by atoms with Crippen LogP contribution in [0.25, 0.3) is 0 Å². The summed E-state index contributed by atoms with van der Waals surface area (Å²) in [5.74, 6) is 0.308. The minimum absolute atomic E-state index is 0.161. The summed E-state index contributed by atoms with van der Waals surface area (Å²) in [4.78, 5) is 4.30. The number of nitrogens with zero attached hydrogens (tertiary/aromatic N) is 1. The van der Waals surface area contributed by atoms with Crippen molar-refractivity contribution in [2.24, 2.45) is 11.5 Å². The van der Waals surface area contributed by atoms with Crippen molar-refractivity contribution >= 4 is 0 Å². The maximum atomic E-state index is 6.04. The van der Waals surface area contributed by atoms with Crippen LogP contribution in [0.1, 0.15) is 31.4 Å². The Labute approximate surface area is 85.5 Å². The van der Waals surface area contributed by atoms with E-state index in [9.17, 15) is 0 Å². The SMILES string of the molecule is CC(c1ccccn1)C(N)CCCN. The molecule has 1 aromatic rings. The number of pyridine rings is 1. The highest BCUT2D eigenvalue weighted by atomic mass is 14.7. The van der Waals surface area contributed by atoms with Gasteiger partial charge >= 0.3 is 0 Å². The lowest BCUT2D eigenvalue weighted by atomic mass is 9.95. The van der Waals surface area contributed by atoms with Crippen LogP contribution in [0.5, 0.6) is 0 Å². The van der Waals surface area contributed by atoms with Crippen LogP contribution in [0.2, 0.25) is 0 Å². The fourth-order valence-corrected chi connectivity index (χ4v) is 1.47. The summed E-state index contributed by atoms with van der Waals surface area (Å²) in [6.45, 7) is 2.83. The molecule has 2 atom stereocenters. The molecule has 0 aliphatic rings. The van der Waals surface area contributed by atoms with Crippen LogP contribution in [0.15, 0.2) is 24.4 Å². The first-order chi connectivity index (χ1) is 6.75. The Morgan fingerprint density at radius 2 is 2.21 bits per heavy atom. The van der Waals surface area contributed by atoms with Gasteiger partial charge in [0, 0.05) is 23.9 Å². The molecule has 0 saturated carbocycles. The average Bonchev–Trinajstić information content (AvgIpc) is 2.26. The predicted octanol–water partition coefficient (Wildman–Crippen LogP) is 1.25. The summed E-state index contributed by atoms with van der Waals surface area (Å²) in [7, 11) is 0. The molecule has 1 aromatic heterocycles. The van der Waals surface area contributed by atoms with Gasteiger partial charge in [0.05, 0.1) is 0 Å². The Hall–Kier alpha value is -0.930. The maximum absolute atomic E-state index is 6.04. The molecule has 0 fully saturated rings. The van der Waals surface area contributed by atoms with Crippen molar-refractivity contribution in [3.8, 4) is 0 Å². The molecule has 0 bridgehead atoms. The molecule has 0 saturated heterocycles. The summed E-state index contributed by atoms with van der Waals surface area (Å²) in [5, 5.41) is 0. The van der Waals surface area contributed by atoms with Crippen LogP contribution in [0.4, 0.5) is 0 Å². The zero-order valence-corrected chi connectivity index (χ0v) is 8.69. The molecule has 1 heterocycles. The summed E-state index contributed by atoms with van der Waals surface area (Å²) in [5.41, 5.74) is 12.6. The van der Waals surface area contributed by atoms with Crippen LogP contribution in [0, 0.1) is 0 Å². The topological polar surface area (TPSA) is 64.9 Å². The molecule has 4 N–H and O–H groups in total. The van der Waals surface area contributed by atoms with Gasteiger partial charge in [-0.2, -0.15) is 0 Å². The van der Waals surface area contributed by atoms with Gasteiger partial charge < -0.3 is 11.5 Å². The van der Waals surface area contributed by atoms with Gasteiger partial charge in [0.1, 0.15) is 0 Å². The van der Waals surface area contributed by atoms with Gasteiger partial charge in [-0.05, 0) is 31.5 Å². The Morgan fingerprint density at radius 1 is 1.43 bits per heavy atom. The molecule has 3 nitrogen and oxygen atoms in total. The van der Waals surface area contributed by atoms with Crippen LogP contribution in [-0.4, -0.2) is 17.6 Å². The lowest BCUT2D eigenvalue weighted by molar-refractivity contribution is 0.506. The molecule has 0 spiro atoms. The van der Waals surface area contributed by atoms with Crippen molar-refractivity contribution in [3.63, 3.8) is 0 Å². The van der Waals surface area contributed by atoms with E-state index < -0.39 is 0 Å². The highest BCUT2D eigenvalue weighted by Gasteiger charge is 2.14. The molecular weight excluding hydrogens is 174 g/mol. The van der Waals surface area contributed by atoms with Crippen molar-refractivity contribution in [3.05, 3.63) is 30.1 Å². The van der Waals surface area contributed by atoms with Crippen LogP contribution < -0.4 is 11.5 Å². The lowest BCUT2D eigenvalue weighted by Crippen LogP contribution is -2.27. The summed E-state index contributed by atoms with van der Waals surface area (Å²) >= 11 is 0. The normalized spacial score (nSPS) is 15.1. The molecule has 0 amide bonds. The summed E-state index contributed by atoms with van der Waals surface area (Å²) in [6.07, 6.45) is 3.76. The van der Waals surface area contributed by atoms with E-state index in [1.807, 2.05) is 24.4 Å². The largest absolute Gasteiger partial charge is 0.330 e. The van der Waals surface area contributed by atoms with E-state index in [0.29, 0.717) is 12.5 Å². The quantitative estimate of drug-likeness (QED) is 0.739. The Morgan fingerprint density at radius 3 is 2.79 bits per heavy atom. The smallest absolute Gasteiger partial charge is 0.0447 e. The van der Waals surface area contributed by atoms with Crippen LogP contribution >= 0.6 is 0 Å². The Balaban J connectivity index is 2.52. The number of nitrogens with two attached hydrogens (primary N) is 2. The first-order valence-electron chi connectivity index (χ1n) is 5.12. The second-order valence-electron chi connectivity index (χ2n) is 3.64. The summed E-state index contributed by atoms with van der Waals surface area (Å²) < 4.78 is 0. The molecule has 1 rings (SSSR count). The molecule has 78 valence electrons. The van der Waals surface area contributed by atoms with E-state index in [4.69, 9.17) is 11.5 Å². The molecule has 0 aliphatic heterocycles. The van der Waals surface area contributed by atoms with Crippen LogP contribution in [0.3, 0.4) is 0 Å². The van der Waals surface area contributed by atoms with Crippen molar-refractivity contribution in [1.29, 1.82) is 0 Å². The monoisotopic (exact) mass is 193 g/mol. The van der Waals surface area contributed by atoms with E-state index in [1.165, 1.54) is 0 Å². The lowest BCUT2D eigenvalue weighted by Gasteiger charge is -2.18. The third-order valence-electron chi connectivity index (χ3n) is 2.54. The highest BCUT2D eigenvalue weighted by molar-refractivity contribution is 5.10. The van der Waals surface area contributed by atoms with Gasteiger partial charge in [-0.1, -0.05) is 13.0 Å². The van der Waals surface area contributed by atoms with Crippen molar-refractivity contribution in [2.75, 3.05) is 6.54 Å². The van der Waals surface area contributed by atoms with E-state index in [-0.39, 0.29) is 6.04 Å². The van der Waals surface area contributed by atoms with Gasteiger partial charge in [-0.3, -0.25) is 4.98 Å². The second kappa shape index (κ2) is 5.73. The van der Waals surface area contributed by atoms with E-state index in [1.54, 1.807) is 0 Å². The van der Waals surface area contributed by atoms with Crippen molar-refractivity contribution in [1.82, 2.24) is 4.98 Å². The zero-order valence-electron chi connectivity index (χ0n) is 8.69. The minimum atomic E-state index is 0.161. The van der Waals surface area contributed by atoms with E-state index in [2.05, 4.69) is 11.9 Å². The average molecular weight is 193 g/mol. The van der Waals surface area contributed by atoms with Gasteiger partial charge in [-0.15, -0.1) is 0 Å². The number of hydrogen-bond acceptors (Lipinski definition) is 3. The first kappa shape index (κ1) is 11.1. The second-order valence-corrected chi connectivity index (χ2v) is 3.64. The first-order valence-corrected chi connectivity index (χ1v) is 5.12. The Bertz CT molecular complexity index is 248. The molecule has 3 heteroatoms.